The van der Waals surface area contributed by atoms with Gasteiger partial charge in [-0.2, -0.15) is 0 Å². The van der Waals surface area contributed by atoms with Gasteiger partial charge in [0.25, 0.3) is 5.91 Å². The van der Waals surface area contributed by atoms with Crippen LogP contribution in [0.5, 0.6) is 0 Å². The van der Waals surface area contributed by atoms with Crippen molar-refractivity contribution in [1.82, 2.24) is 10.3 Å². The third-order valence-corrected chi connectivity index (χ3v) is 3.54. The lowest BCUT2D eigenvalue weighted by molar-refractivity contribution is 0.0924. The number of furan rings is 1. The van der Waals surface area contributed by atoms with Crippen molar-refractivity contribution in [3.63, 3.8) is 0 Å². The first-order valence-corrected chi connectivity index (χ1v) is 7.73. The summed E-state index contributed by atoms with van der Waals surface area (Å²) in [5.74, 6) is 0.948. The zero-order valence-electron chi connectivity index (χ0n) is 13.2. The average Bonchev–Trinajstić information content (AvgIpc) is 3.24. The third-order valence-electron chi connectivity index (χ3n) is 3.54. The monoisotopic (exact) mass is 328 g/mol. The summed E-state index contributed by atoms with van der Waals surface area (Å²) < 4.78 is 23.7. The van der Waals surface area contributed by atoms with E-state index in [2.05, 4.69) is 10.3 Å². The predicted molar refractivity (Wildman–Crippen MR) is 86.0 cm³/mol. The first-order valence-electron chi connectivity index (χ1n) is 7.73. The molecule has 0 bridgehead atoms. The van der Waals surface area contributed by atoms with E-state index in [1.165, 1.54) is 18.4 Å². The molecular weight excluding hydrogens is 311 g/mol. The zero-order chi connectivity index (χ0) is 16.9. The van der Waals surface area contributed by atoms with Crippen molar-refractivity contribution in [2.45, 2.75) is 19.8 Å². The van der Waals surface area contributed by atoms with E-state index in [9.17, 15) is 9.18 Å². The van der Waals surface area contributed by atoms with Gasteiger partial charge in [0.2, 0.25) is 5.89 Å². The number of carbonyl (C=O) groups is 1. The minimum atomic E-state index is -0.308. The number of nitrogens with zero attached hydrogens (tertiary/aromatic N) is 1. The van der Waals surface area contributed by atoms with E-state index in [1.807, 2.05) is 6.92 Å². The molecule has 0 unspecified atom stereocenters. The van der Waals surface area contributed by atoms with Gasteiger partial charge >= 0.3 is 0 Å². The third kappa shape index (κ3) is 3.71. The smallest absolute Gasteiger partial charge is 0.287 e. The van der Waals surface area contributed by atoms with Gasteiger partial charge in [0.1, 0.15) is 17.8 Å². The molecule has 0 aliphatic rings. The summed E-state index contributed by atoms with van der Waals surface area (Å²) in [7, 11) is 0. The Morgan fingerprint density at radius 1 is 1.21 bits per heavy atom. The van der Waals surface area contributed by atoms with Crippen LogP contribution in [-0.2, 0) is 12.8 Å². The first kappa shape index (κ1) is 16.0. The van der Waals surface area contributed by atoms with Crippen molar-refractivity contribution < 1.29 is 18.0 Å². The molecule has 1 N–H and O–H groups in total. The number of aromatic nitrogens is 1. The number of aryl methyl sites for hydroxylation is 1. The highest BCUT2D eigenvalue weighted by Crippen LogP contribution is 2.19. The molecule has 1 aromatic carbocycles. The van der Waals surface area contributed by atoms with Crippen LogP contribution in [0.3, 0.4) is 0 Å². The van der Waals surface area contributed by atoms with Gasteiger partial charge < -0.3 is 14.2 Å². The fourth-order valence-corrected chi connectivity index (χ4v) is 2.23. The van der Waals surface area contributed by atoms with Gasteiger partial charge in [-0.1, -0.05) is 6.92 Å². The number of carbonyl (C=O) groups excluding carboxylic acids is 1. The molecule has 0 fully saturated rings. The van der Waals surface area contributed by atoms with Gasteiger partial charge in [0, 0.05) is 24.9 Å². The Morgan fingerprint density at radius 3 is 2.71 bits per heavy atom. The molecule has 0 saturated heterocycles. The number of hydrogen-bond acceptors (Lipinski definition) is 4. The van der Waals surface area contributed by atoms with Crippen LogP contribution in [0.1, 0.15) is 28.9 Å². The average molecular weight is 328 g/mol. The second-order valence-corrected chi connectivity index (χ2v) is 5.28. The van der Waals surface area contributed by atoms with E-state index in [0.717, 1.165) is 12.2 Å². The second-order valence-electron chi connectivity index (χ2n) is 5.28. The van der Waals surface area contributed by atoms with Gasteiger partial charge in [-0.3, -0.25) is 4.79 Å². The molecule has 0 spiro atoms. The highest BCUT2D eigenvalue weighted by Gasteiger charge is 2.11. The Morgan fingerprint density at radius 2 is 2.00 bits per heavy atom. The van der Waals surface area contributed by atoms with Gasteiger partial charge in [-0.05, 0) is 36.4 Å². The molecule has 0 atom stereocenters. The number of halogens is 1. The van der Waals surface area contributed by atoms with Gasteiger partial charge in [-0.15, -0.1) is 0 Å². The minimum Gasteiger partial charge on any atom is -0.456 e. The molecule has 24 heavy (non-hydrogen) atoms. The summed E-state index contributed by atoms with van der Waals surface area (Å²) in [6, 6.07) is 9.38. The summed E-state index contributed by atoms with van der Waals surface area (Å²) in [4.78, 5) is 16.3. The Bertz CT molecular complexity index is 821. The number of nitrogens with one attached hydrogen (secondary N) is 1. The van der Waals surface area contributed by atoms with E-state index in [-0.39, 0.29) is 11.7 Å². The molecule has 3 rings (SSSR count). The molecule has 0 saturated carbocycles. The first-order chi connectivity index (χ1) is 11.7. The van der Waals surface area contributed by atoms with Crippen LogP contribution in [0, 0.1) is 5.82 Å². The predicted octanol–water partition coefficient (Wildman–Crippen LogP) is 3.61. The van der Waals surface area contributed by atoms with Crippen molar-refractivity contribution >= 4 is 5.91 Å². The van der Waals surface area contributed by atoms with E-state index >= 15 is 0 Å². The zero-order valence-corrected chi connectivity index (χ0v) is 13.2. The van der Waals surface area contributed by atoms with Crippen LogP contribution in [0.25, 0.3) is 11.5 Å². The van der Waals surface area contributed by atoms with Crippen molar-refractivity contribution in [3.8, 4) is 11.5 Å². The summed E-state index contributed by atoms with van der Waals surface area (Å²) in [5, 5.41) is 2.78. The number of hydrogen-bond donors (Lipinski definition) is 1. The van der Waals surface area contributed by atoms with Crippen LogP contribution < -0.4 is 5.32 Å². The van der Waals surface area contributed by atoms with Crippen LogP contribution in [-0.4, -0.2) is 17.4 Å². The Kier molecular flexibility index (Phi) is 4.74. The van der Waals surface area contributed by atoms with E-state index < -0.39 is 0 Å². The number of rotatable bonds is 6. The Balaban J connectivity index is 1.54. The maximum absolute atomic E-state index is 12.9. The highest BCUT2D eigenvalue weighted by atomic mass is 19.1. The molecule has 2 heterocycles. The molecule has 0 aliphatic carbocycles. The normalized spacial score (nSPS) is 10.8. The summed E-state index contributed by atoms with van der Waals surface area (Å²) in [6.45, 7) is 2.38. The second kappa shape index (κ2) is 7.12. The molecule has 124 valence electrons. The van der Waals surface area contributed by atoms with Gasteiger partial charge in [0.15, 0.2) is 5.76 Å². The van der Waals surface area contributed by atoms with Crippen LogP contribution in [0.15, 0.2) is 51.5 Å². The largest absolute Gasteiger partial charge is 0.456 e. The summed E-state index contributed by atoms with van der Waals surface area (Å²) >= 11 is 0. The lowest BCUT2D eigenvalue weighted by Crippen LogP contribution is -2.25. The Hall–Kier alpha value is -2.89. The summed E-state index contributed by atoms with van der Waals surface area (Å²) in [5.41, 5.74) is 1.41. The molecule has 1 amide bonds. The van der Waals surface area contributed by atoms with Crippen LogP contribution in [0.2, 0.25) is 0 Å². The SMILES string of the molecule is CCc1ccc(C(=O)NCCc2coc(-c3ccc(F)cc3)n2)o1. The fourth-order valence-electron chi connectivity index (χ4n) is 2.23. The van der Waals surface area contributed by atoms with Gasteiger partial charge in [0.05, 0.1) is 5.69 Å². The van der Waals surface area contributed by atoms with Crippen molar-refractivity contribution in [2.24, 2.45) is 0 Å². The van der Waals surface area contributed by atoms with Crippen molar-refractivity contribution in [3.05, 3.63) is 65.7 Å². The summed E-state index contributed by atoms with van der Waals surface area (Å²) in [6.07, 6.45) is 2.81. The molecule has 0 aliphatic heterocycles. The highest BCUT2D eigenvalue weighted by molar-refractivity contribution is 5.91. The maximum Gasteiger partial charge on any atom is 0.287 e. The molecule has 6 heteroatoms. The van der Waals surface area contributed by atoms with E-state index in [0.29, 0.717) is 35.9 Å². The standard InChI is InChI=1S/C18H17FN2O3/c1-2-15-7-8-16(24-15)17(22)20-10-9-14-11-23-18(21-14)12-3-5-13(19)6-4-12/h3-8,11H,2,9-10H2,1H3,(H,20,22). The van der Waals surface area contributed by atoms with E-state index in [1.54, 1.807) is 24.3 Å². The number of amides is 1. The Labute approximate surface area is 138 Å². The molecular formula is C18H17FN2O3. The molecule has 3 aromatic rings. The van der Waals surface area contributed by atoms with Crippen molar-refractivity contribution in [2.75, 3.05) is 6.54 Å². The lowest BCUT2D eigenvalue weighted by Gasteiger charge is -2.01. The molecule has 2 aromatic heterocycles. The van der Waals surface area contributed by atoms with Crippen molar-refractivity contribution in [1.29, 1.82) is 0 Å². The quantitative estimate of drug-likeness (QED) is 0.750. The topological polar surface area (TPSA) is 68.3 Å². The van der Waals surface area contributed by atoms with Crippen LogP contribution >= 0.6 is 0 Å². The molecule has 0 radical (unpaired) electrons. The number of oxazole rings is 1. The van der Waals surface area contributed by atoms with E-state index in [4.69, 9.17) is 8.83 Å². The number of benzene rings is 1. The van der Waals surface area contributed by atoms with Crippen LogP contribution in [0.4, 0.5) is 4.39 Å². The fraction of sp³-hybridized carbons (Fsp3) is 0.222. The van der Waals surface area contributed by atoms with Gasteiger partial charge in [-0.25, -0.2) is 9.37 Å². The minimum absolute atomic E-state index is 0.253. The maximum atomic E-state index is 12.9. The molecule has 5 nitrogen and oxygen atoms in total. The lowest BCUT2D eigenvalue weighted by atomic mass is 10.2.